The summed E-state index contributed by atoms with van der Waals surface area (Å²) < 4.78 is 5.42. The summed E-state index contributed by atoms with van der Waals surface area (Å²) in [4.78, 5) is 16.7. The third-order valence-electron chi connectivity index (χ3n) is 5.04. The molecule has 0 saturated heterocycles. The molecule has 5 heteroatoms. The summed E-state index contributed by atoms with van der Waals surface area (Å²) >= 11 is 0. The lowest BCUT2D eigenvalue weighted by Crippen LogP contribution is -2.27. The molecule has 0 unspecified atom stereocenters. The summed E-state index contributed by atoms with van der Waals surface area (Å²) in [5, 5.41) is 3.68. The molecule has 3 N–H and O–H groups in total. The number of unbranched alkanes of at least 4 members (excludes halogenated alkanes) is 4. The number of carbonyl (C=O) groups is 1. The molecular formula is C21H29N3O2. The van der Waals surface area contributed by atoms with E-state index in [2.05, 4.69) is 12.2 Å². The van der Waals surface area contributed by atoms with Crippen LogP contribution in [0.4, 0.5) is 10.5 Å². The van der Waals surface area contributed by atoms with E-state index >= 15 is 0 Å². The summed E-state index contributed by atoms with van der Waals surface area (Å²) in [6.07, 6.45) is 9.69. The van der Waals surface area contributed by atoms with Crippen molar-refractivity contribution in [2.24, 2.45) is 0 Å². The number of amides is 1. The summed E-state index contributed by atoms with van der Waals surface area (Å²) in [5.41, 5.74) is 10.3. The van der Waals surface area contributed by atoms with Gasteiger partial charge in [0.25, 0.3) is 0 Å². The Morgan fingerprint density at radius 1 is 1.19 bits per heavy atom. The predicted molar refractivity (Wildman–Crippen MR) is 106 cm³/mol. The Kier molecular flexibility index (Phi) is 6.31. The Balaban J connectivity index is 1.62. The van der Waals surface area contributed by atoms with Crippen molar-refractivity contribution in [3.8, 4) is 5.75 Å². The summed E-state index contributed by atoms with van der Waals surface area (Å²) in [7, 11) is 0. The molecule has 26 heavy (non-hydrogen) atoms. The van der Waals surface area contributed by atoms with Crippen molar-refractivity contribution >= 4 is 22.7 Å². The van der Waals surface area contributed by atoms with Gasteiger partial charge in [0.1, 0.15) is 5.75 Å². The SMILES string of the molecule is CCCCCCCNC(=O)Oc1ccc2nc3c(c(N)c2c1)CCCC3. The number of aryl methyl sites for hydroxylation is 1. The van der Waals surface area contributed by atoms with Crippen molar-refractivity contribution in [1.29, 1.82) is 0 Å². The van der Waals surface area contributed by atoms with Crippen LogP contribution in [0, 0.1) is 0 Å². The molecular weight excluding hydrogens is 326 g/mol. The van der Waals surface area contributed by atoms with E-state index in [-0.39, 0.29) is 0 Å². The van der Waals surface area contributed by atoms with Crippen LogP contribution in [-0.2, 0) is 12.8 Å². The second-order valence-electron chi connectivity index (χ2n) is 7.07. The predicted octanol–water partition coefficient (Wildman–Crippen LogP) is 4.75. The Morgan fingerprint density at radius 2 is 2.00 bits per heavy atom. The molecule has 1 aromatic heterocycles. The normalized spacial score (nSPS) is 13.4. The van der Waals surface area contributed by atoms with Gasteiger partial charge >= 0.3 is 6.09 Å². The van der Waals surface area contributed by atoms with E-state index < -0.39 is 6.09 Å². The van der Waals surface area contributed by atoms with Gasteiger partial charge < -0.3 is 15.8 Å². The lowest BCUT2D eigenvalue weighted by atomic mass is 9.93. The fourth-order valence-electron chi connectivity index (χ4n) is 3.56. The number of nitrogen functional groups attached to an aromatic ring is 1. The number of nitrogens with zero attached hydrogens (tertiary/aromatic N) is 1. The van der Waals surface area contributed by atoms with Gasteiger partial charge in [-0.2, -0.15) is 0 Å². The summed E-state index contributed by atoms with van der Waals surface area (Å²) in [6.45, 7) is 2.84. The molecule has 3 rings (SSSR count). The minimum atomic E-state index is -0.413. The minimum Gasteiger partial charge on any atom is -0.410 e. The van der Waals surface area contributed by atoms with Crippen LogP contribution in [0.15, 0.2) is 18.2 Å². The molecule has 0 atom stereocenters. The van der Waals surface area contributed by atoms with Crippen molar-refractivity contribution < 1.29 is 9.53 Å². The zero-order valence-electron chi connectivity index (χ0n) is 15.6. The Labute approximate surface area is 155 Å². The number of pyridine rings is 1. The summed E-state index contributed by atoms with van der Waals surface area (Å²) in [5.74, 6) is 0.505. The van der Waals surface area contributed by atoms with Gasteiger partial charge in [-0.25, -0.2) is 4.79 Å². The van der Waals surface area contributed by atoms with Crippen LogP contribution in [0.25, 0.3) is 10.9 Å². The average molecular weight is 355 g/mol. The van der Waals surface area contributed by atoms with Crippen LogP contribution in [-0.4, -0.2) is 17.6 Å². The van der Waals surface area contributed by atoms with Gasteiger partial charge in [-0.15, -0.1) is 0 Å². The number of carbonyl (C=O) groups excluding carboxylic acids is 1. The van der Waals surface area contributed by atoms with Gasteiger partial charge in [0, 0.05) is 23.3 Å². The smallest absolute Gasteiger partial charge is 0.410 e. The minimum absolute atomic E-state index is 0.413. The second-order valence-corrected chi connectivity index (χ2v) is 7.07. The molecule has 1 aromatic carbocycles. The van der Waals surface area contributed by atoms with E-state index in [4.69, 9.17) is 15.5 Å². The van der Waals surface area contributed by atoms with Crippen LogP contribution in [0.2, 0.25) is 0 Å². The van der Waals surface area contributed by atoms with Gasteiger partial charge in [0.05, 0.1) is 5.52 Å². The Morgan fingerprint density at radius 3 is 2.85 bits per heavy atom. The van der Waals surface area contributed by atoms with E-state index in [1.165, 1.54) is 25.7 Å². The number of ether oxygens (including phenoxy) is 1. The van der Waals surface area contributed by atoms with Crippen molar-refractivity contribution in [1.82, 2.24) is 10.3 Å². The third-order valence-corrected chi connectivity index (χ3v) is 5.04. The van der Waals surface area contributed by atoms with Crippen LogP contribution in [0.1, 0.15) is 63.1 Å². The fourth-order valence-corrected chi connectivity index (χ4v) is 3.56. The third kappa shape index (κ3) is 4.45. The quantitative estimate of drug-likeness (QED) is 0.702. The molecule has 140 valence electrons. The molecule has 2 aromatic rings. The van der Waals surface area contributed by atoms with Gasteiger partial charge in [0.15, 0.2) is 0 Å². The highest BCUT2D eigenvalue weighted by Gasteiger charge is 2.17. The number of benzene rings is 1. The number of aromatic nitrogens is 1. The maximum absolute atomic E-state index is 12.0. The first-order valence-electron chi connectivity index (χ1n) is 9.85. The zero-order valence-corrected chi connectivity index (χ0v) is 15.6. The Bertz CT molecular complexity index is 773. The van der Waals surface area contributed by atoms with Gasteiger partial charge in [-0.3, -0.25) is 4.98 Å². The van der Waals surface area contributed by atoms with E-state index in [9.17, 15) is 4.79 Å². The van der Waals surface area contributed by atoms with E-state index in [1.54, 1.807) is 6.07 Å². The van der Waals surface area contributed by atoms with Crippen LogP contribution < -0.4 is 15.8 Å². The fraction of sp³-hybridized carbons (Fsp3) is 0.524. The molecule has 1 aliphatic carbocycles. The first-order chi connectivity index (χ1) is 12.7. The molecule has 1 heterocycles. The van der Waals surface area contributed by atoms with Crippen molar-refractivity contribution in [2.45, 2.75) is 64.7 Å². The number of anilines is 1. The summed E-state index contributed by atoms with van der Waals surface area (Å²) in [6, 6.07) is 5.49. The topological polar surface area (TPSA) is 77.2 Å². The number of nitrogens with one attached hydrogen (secondary N) is 1. The van der Waals surface area contributed by atoms with Crippen LogP contribution in [0.3, 0.4) is 0 Å². The van der Waals surface area contributed by atoms with E-state index in [0.29, 0.717) is 12.3 Å². The van der Waals surface area contributed by atoms with E-state index in [1.807, 2.05) is 12.1 Å². The first kappa shape index (κ1) is 18.5. The largest absolute Gasteiger partial charge is 0.412 e. The monoisotopic (exact) mass is 355 g/mol. The van der Waals surface area contributed by atoms with Crippen molar-refractivity contribution in [3.63, 3.8) is 0 Å². The number of fused-ring (bicyclic) bond motifs is 2. The molecule has 0 fully saturated rings. The molecule has 0 saturated carbocycles. The van der Waals surface area contributed by atoms with Crippen LogP contribution in [0.5, 0.6) is 5.75 Å². The lowest BCUT2D eigenvalue weighted by Gasteiger charge is -2.18. The van der Waals surface area contributed by atoms with Crippen LogP contribution >= 0.6 is 0 Å². The Hall–Kier alpha value is -2.30. The molecule has 5 nitrogen and oxygen atoms in total. The lowest BCUT2D eigenvalue weighted by molar-refractivity contribution is 0.200. The highest BCUT2D eigenvalue weighted by molar-refractivity contribution is 5.93. The maximum Gasteiger partial charge on any atom is 0.412 e. The molecule has 1 aliphatic rings. The highest BCUT2D eigenvalue weighted by atomic mass is 16.6. The molecule has 0 radical (unpaired) electrons. The van der Waals surface area contributed by atoms with Gasteiger partial charge in [-0.05, 0) is 55.9 Å². The number of rotatable bonds is 7. The van der Waals surface area contributed by atoms with Gasteiger partial charge in [0.2, 0.25) is 0 Å². The standard InChI is InChI=1S/C21H29N3O2/c1-2-3-4-5-8-13-23-21(25)26-15-11-12-19-17(14-15)20(22)16-9-6-7-10-18(16)24-19/h11-12,14H,2-10,13H2,1H3,(H2,22,24)(H,23,25). The van der Waals surface area contributed by atoms with E-state index in [0.717, 1.165) is 60.0 Å². The maximum atomic E-state index is 12.0. The molecule has 0 bridgehead atoms. The van der Waals surface area contributed by atoms with Crippen molar-refractivity contribution in [3.05, 3.63) is 29.5 Å². The van der Waals surface area contributed by atoms with Gasteiger partial charge in [-0.1, -0.05) is 32.6 Å². The number of nitrogens with two attached hydrogens (primary N) is 1. The number of hydrogen-bond donors (Lipinski definition) is 2. The molecule has 1 amide bonds. The molecule has 0 aliphatic heterocycles. The highest BCUT2D eigenvalue weighted by Crippen LogP contribution is 2.32. The number of hydrogen-bond acceptors (Lipinski definition) is 4. The average Bonchev–Trinajstić information content (AvgIpc) is 2.65. The molecule has 0 spiro atoms. The second kappa shape index (κ2) is 8.88. The van der Waals surface area contributed by atoms with Crippen molar-refractivity contribution in [2.75, 3.05) is 12.3 Å². The zero-order chi connectivity index (χ0) is 18.4. The first-order valence-corrected chi connectivity index (χ1v) is 9.85.